The molecule has 1 aliphatic rings. The van der Waals surface area contributed by atoms with Gasteiger partial charge in [0, 0.05) is 38.8 Å². The molecule has 36 heavy (non-hydrogen) atoms. The van der Waals surface area contributed by atoms with Crippen LogP contribution in [0.15, 0.2) is 41.2 Å². The lowest BCUT2D eigenvalue weighted by Crippen LogP contribution is -2.46. The highest BCUT2D eigenvalue weighted by Crippen LogP contribution is 2.38. The molecule has 0 N–H and O–H groups in total. The number of benzene rings is 2. The van der Waals surface area contributed by atoms with Gasteiger partial charge < -0.3 is 9.64 Å². The third kappa shape index (κ3) is 5.84. The molecule has 0 unspecified atom stereocenters. The van der Waals surface area contributed by atoms with Crippen molar-refractivity contribution in [2.75, 3.05) is 31.1 Å². The van der Waals surface area contributed by atoms with E-state index < -0.39 is 39.7 Å². The summed E-state index contributed by atoms with van der Waals surface area (Å²) in [5, 5.41) is 11.1. The summed E-state index contributed by atoms with van der Waals surface area (Å²) >= 11 is 0.775. The van der Waals surface area contributed by atoms with Crippen LogP contribution in [-0.2, 0) is 12.7 Å². The fourth-order valence-corrected chi connectivity index (χ4v) is 4.84. The van der Waals surface area contributed by atoms with Crippen LogP contribution < -0.4 is 15.2 Å². The van der Waals surface area contributed by atoms with Crippen molar-refractivity contribution in [1.29, 1.82) is 0 Å². The number of aromatic nitrogens is 1. The first-order valence-electron chi connectivity index (χ1n) is 10.3. The Kier molecular flexibility index (Phi) is 6.79. The normalized spacial score (nSPS) is 15.3. The molecule has 2 aromatic carbocycles. The number of anilines is 1. The fraction of sp³-hybridized carbons (Fsp3) is 0.333. The molecule has 0 amide bonds. The molecule has 15 heteroatoms. The minimum Gasteiger partial charge on any atom is -0.406 e. The Morgan fingerprint density at radius 3 is 2.22 bits per heavy atom. The van der Waals surface area contributed by atoms with Crippen LogP contribution in [0.3, 0.4) is 0 Å². The summed E-state index contributed by atoms with van der Waals surface area (Å²) < 4.78 is 79.9. The summed E-state index contributed by atoms with van der Waals surface area (Å²) in [5.41, 5.74) is -2.35. The zero-order valence-electron chi connectivity index (χ0n) is 18.1. The molecular formula is C21H16F6N4O4S. The van der Waals surface area contributed by atoms with Crippen molar-refractivity contribution < 1.29 is 36.0 Å². The first-order chi connectivity index (χ1) is 16.8. The minimum absolute atomic E-state index is 0.156. The number of ether oxygens (including phenoxy) is 1. The summed E-state index contributed by atoms with van der Waals surface area (Å²) in [4.78, 5) is 30.6. The van der Waals surface area contributed by atoms with E-state index in [-0.39, 0.29) is 15.6 Å². The SMILES string of the molecule is O=c1nc(N2CCN(Cc3ccc(OC(F)(F)F)cc3)CC2)sc2c([N+](=O)[O-])cc(C(F)(F)F)cc12. The van der Waals surface area contributed by atoms with Crippen molar-refractivity contribution in [2.24, 2.45) is 0 Å². The number of hydrogen-bond donors (Lipinski definition) is 0. The predicted molar refractivity (Wildman–Crippen MR) is 118 cm³/mol. The second kappa shape index (κ2) is 9.54. The predicted octanol–water partition coefficient (Wildman–Crippen LogP) is 4.80. The van der Waals surface area contributed by atoms with Gasteiger partial charge in [0.25, 0.3) is 11.2 Å². The summed E-state index contributed by atoms with van der Waals surface area (Å²) in [7, 11) is 0. The Labute approximate surface area is 202 Å². The Hall–Kier alpha value is -3.46. The maximum absolute atomic E-state index is 13.1. The van der Waals surface area contributed by atoms with Crippen LogP contribution >= 0.6 is 11.3 Å². The molecule has 0 spiro atoms. The summed E-state index contributed by atoms with van der Waals surface area (Å²) in [6, 6.07) is 6.43. The molecule has 1 fully saturated rings. The Balaban J connectivity index is 1.49. The molecule has 4 rings (SSSR count). The molecule has 1 aromatic heterocycles. The van der Waals surface area contributed by atoms with Crippen molar-refractivity contribution in [2.45, 2.75) is 19.1 Å². The van der Waals surface area contributed by atoms with Crippen molar-refractivity contribution in [3.63, 3.8) is 0 Å². The Bertz CT molecular complexity index is 1340. The quantitative estimate of drug-likeness (QED) is 0.264. The zero-order valence-corrected chi connectivity index (χ0v) is 18.9. The van der Waals surface area contributed by atoms with Crippen molar-refractivity contribution >= 4 is 32.2 Å². The number of nitro groups is 1. The monoisotopic (exact) mass is 534 g/mol. The second-order valence-electron chi connectivity index (χ2n) is 7.88. The van der Waals surface area contributed by atoms with Crippen LogP contribution in [0, 0.1) is 10.1 Å². The smallest absolute Gasteiger partial charge is 0.406 e. The first-order valence-corrected chi connectivity index (χ1v) is 11.1. The van der Waals surface area contributed by atoms with Crippen LogP contribution in [0.25, 0.3) is 10.1 Å². The molecule has 0 radical (unpaired) electrons. The molecule has 8 nitrogen and oxygen atoms in total. The molecule has 1 saturated heterocycles. The van der Waals surface area contributed by atoms with E-state index in [1.807, 2.05) is 4.90 Å². The maximum Gasteiger partial charge on any atom is 0.573 e. The molecule has 2 heterocycles. The number of piperazine rings is 1. The molecule has 1 aliphatic heterocycles. The fourth-order valence-electron chi connectivity index (χ4n) is 3.73. The number of nitrogens with zero attached hydrogens (tertiary/aromatic N) is 4. The Morgan fingerprint density at radius 2 is 1.67 bits per heavy atom. The average molecular weight is 534 g/mol. The van der Waals surface area contributed by atoms with Crippen molar-refractivity contribution in [3.05, 3.63) is 68.0 Å². The summed E-state index contributed by atoms with van der Waals surface area (Å²) in [6.07, 6.45) is -9.64. The van der Waals surface area contributed by atoms with Gasteiger partial charge in [0.2, 0.25) is 0 Å². The van der Waals surface area contributed by atoms with Crippen molar-refractivity contribution in [3.8, 4) is 5.75 Å². The standard InChI is InChI=1S/C21H16F6N4O4S/c22-20(23,24)13-9-15-17(16(10-13)31(33)34)36-19(28-18(15)32)30-7-5-29(6-8-30)11-12-1-3-14(4-2-12)35-21(25,26)27/h1-4,9-10H,5-8,11H2. The number of nitro benzene ring substituents is 1. The second-order valence-corrected chi connectivity index (χ2v) is 8.86. The lowest BCUT2D eigenvalue weighted by atomic mass is 10.1. The number of fused-ring (bicyclic) bond motifs is 1. The van der Waals surface area contributed by atoms with Gasteiger partial charge in [0.15, 0.2) is 5.13 Å². The number of non-ortho nitro benzene ring substituents is 1. The topological polar surface area (TPSA) is 88.8 Å². The number of rotatable bonds is 5. The highest BCUT2D eigenvalue weighted by molar-refractivity contribution is 7.22. The third-order valence-electron chi connectivity index (χ3n) is 5.42. The zero-order chi connectivity index (χ0) is 26.3. The van der Waals surface area contributed by atoms with Gasteiger partial charge in [-0.05, 0) is 23.8 Å². The van der Waals surface area contributed by atoms with E-state index in [1.54, 1.807) is 4.90 Å². The van der Waals surface area contributed by atoms with E-state index in [1.165, 1.54) is 24.3 Å². The van der Waals surface area contributed by atoms with Gasteiger partial charge in [-0.25, -0.2) is 0 Å². The van der Waals surface area contributed by atoms with Gasteiger partial charge in [0.1, 0.15) is 10.4 Å². The van der Waals surface area contributed by atoms with E-state index in [0.29, 0.717) is 44.9 Å². The molecule has 0 bridgehead atoms. The van der Waals surface area contributed by atoms with Crippen LogP contribution in [0.1, 0.15) is 11.1 Å². The van der Waals surface area contributed by atoms with Gasteiger partial charge in [-0.3, -0.25) is 19.8 Å². The van der Waals surface area contributed by atoms with Gasteiger partial charge in [-0.15, -0.1) is 13.2 Å². The van der Waals surface area contributed by atoms with Crippen LogP contribution in [-0.4, -0.2) is 47.3 Å². The lowest BCUT2D eigenvalue weighted by Gasteiger charge is -2.35. The van der Waals surface area contributed by atoms with E-state index in [2.05, 4.69) is 9.72 Å². The van der Waals surface area contributed by atoms with Gasteiger partial charge in [-0.1, -0.05) is 23.5 Å². The van der Waals surface area contributed by atoms with Crippen LogP contribution in [0.4, 0.5) is 37.2 Å². The van der Waals surface area contributed by atoms with E-state index in [0.717, 1.165) is 16.9 Å². The maximum atomic E-state index is 13.1. The number of alkyl halides is 6. The largest absolute Gasteiger partial charge is 0.573 e. The highest BCUT2D eigenvalue weighted by Gasteiger charge is 2.34. The summed E-state index contributed by atoms with van der Waals surface area (Å²) in [6.45, 7) is 2.15. The number of halogens is 6. The summed E-state index contributed by atoms with van der Waals surface area (Å²) in [5.74, 6) is -0.329. The highest BCUT2D eigenvalue weighted by atomic mass is 32.1. The average Bonchev–Trinajstić information content (AvgIpc) is 2.78. The molecular weight excluding hydrogens is 518 g/mol. The lowest BCUT2D eigenvalue weighted by molar-refractivity contribution is -0.383. The van der Waals surface area contributed by atoms with E-state index in [9.17, 15) is 41.3 Å². The first kappa shape index (κ1) is 25.6. The van der Waals surface area contributed by atoms with Crippen molar-refractivity contribution in [1.82, 2.24) is 9.88 Å². The molecule has 0 aliphatic carbocycles. The van der Waals surface area contributed by atoms with Crippen LogP contribution in [0.2, 0.25) is 0 Å². The van der Waals surface area contributed by atoms with Gasteiger partial charge in [0.05, 0.1) is 15.9 Å². The third-order valence-corrected chi connectivity index (χ3v) is 6.59. The van der Waals surface area contributed by atoms with Gasteiger partial charge >= 0.3 is 12.5 Å². The van der Waals surface area contributed by atoms with Gasteiger partial charge in [-0.2, -0.15) is 18.2 Å². The molecule has 0 saturated carbocycles. The van der Waals surface area contributed by atoms with E-state index in [4.69, 9.17) is 0 Å². The number of hydrogen-bond acceptors (Lipinski definition) is 8. The Morgan fingerprint density at radius 1 is 1.03 bits per heavy atom. The van der Waals surface area contributed by atoms with E-state index >= 15 is 0 Å². The molecule has 3 aromatic rings. The van der Waals surface area contributed by atoms with Crippen LogP contribution in [0.5, 0.6) is 5.75 Å². The minimum atomic E-state index is -4.86. The molecule has 192 valence electrons. The molecule has 0 atom stereocenters.